The van der Waals surface area contributed by atoms with E-state index in [2.05, 4.69) is 27.7 Å². The molecule has 1 atom stereocenters. The quantitative estimate of drug-likeness (QED) is 0.775. The standard InChI is InChI=1S/C15H31NO/c1-5-14(3,4)13-6-8-15(9-7-13,10-11-17)12(2)16/h12-13,17H,5-11,16H2,1-4H3. The number of aliphatic hydroxyl groups is 1. The Morgan fingerprint density at radius 1 is 1.35 bits per heavy atom. The van der Waals surface area contributed by atoms with Crippen molar-refractivity contribution in [1.82, 2.24) is 0 Å². The van der Waals surface area contributed by atoms with E-state index in [9.17, 15) is 5.11 Å². The van der Waals surface area contributed by atoms with Crippen LogP contribution in [-0.4, -0.2) is 17.8 Å². The number of rotatable bonds is 5. The molecule has 0 bridgehead atoms. The fourth-order valence-electron chi connectivity index (χ4n) is 3.42. The van der Waals surface area contributed by atoms with Crippen molar-refractivity contribution in [2.45, 2.75) is 72.3 Å². The van der Waals surface area contributed by atoms with E-state index in [-0.39, 0.29) is 18.1 Å². The van der Waals surface area contributed by atoms with Crippen molar-refractivity contribution in [2.24, 2.45) is 22.5 Å². The molecule has 0 aromatic heterocycles. The van der Waals surface area contributed by atoms with Crippen molar-refractivity contribution < 1.29 is 5.11 Å². The smallest absolute Gasteiger partial charge is 0.0436 e. The molecule has 1 fully saturated rings. The minimum atomic E-state index is 0.203. The fourth-order valence-corrected chi connectivity index (χ4v) is 3.42. The van der Waals surface area contributed by atoms with E-state index in [4.69, 9.17) is 5.73 Å². The van der Waals surface area contributed by atoms with Gasteiger partial charge in [0.15, 0.2) is 0 Å². The van der Waals surface area contributed by atoms with Crippen LogP contribution in [0.1, 0.15) is 66.2 Å². The van der Waals surface area contributed by atoms with Crippen molar-refractivity contribution >= 4 is 0 Å². The molecule has 0 aromatic rings. The van der Waals surface area contributed by atoms with Gasteiger partial charge in [-0.15, -0.1) is 0 Å². The lowest BCUT2D eigenvalue weighted by Crippen LogP contribution is -2.44. The Kier molecular flexibility index (Phi) is 5.03. The summed E-state index contributed by atoms with van der Waals surface area (Å²) in [5.74, 6) is 0.832. The third-order valence-corrected chi connectivity index (χ3v) is 5.57. The van der Waals surface area contributed by atoms with Gasteiger partial charge in [-0.1, -0.05) is 27.2 Å². The van der Waals surface area contributed by atoms with Crippen molar-refractivity contribution in [3.63, 3.8) is 0 Å². The van der Waals surface area contributed by atoms with Crippen LogP contribution < -0.4 is 5.73 Å². The molecule has 1 rings (SSSR count). The molecule has 2 heteroatoms. The molecule has 0 saturated heterocycles. The van der Waals surface area contributed by atoms with Crippen LogP contribution in [0.3, 0.4) is 0 Å². The Labute approximate surface area is 107 Å². The van der Waals surface area contributed by atoms with Crippen LogP contribution in [0, 0.1) is 16.7 Å². The highest BCUT2D eigenvalue weighted by Crippen LogP contribution is 2.49. The van der Waals surface area contributed by atoms with Gasteiger partial charge in [-0.2, -0.15) is 0 Å². The molecule has 0 heterocycles. The van der Waals surface area contributed by atoms with Gasteiger partial charge in [0.2, 0.25) is 0 Å². The summed E-state index contributed by atoms with van der Waals surface area (Å²) in [6, 6.07) is 0.209. The summed E-state index contributed by atoms with van der Waals surface area (Å²) in [6.07, 6.45) is 7.08. The van der Waals surface area contributed by atoms with Gasteiger partial charge in [0.05, 0.1) is 0 Å². The summed E-state index contributed by atoms with van der Waals surface area (Å²) < 4.78 is 0. The predicted octanol–water partition coefficient (Wildman–Crippen LogP) is 3.33. The molecule has 17 heavy (non-hydrogen) atoms. The first-order valence-electron chi connectivity index (χ1n) is 7.24. The Balaban J connectivity index is 2.65. The monoisotopic (exact) mass is 241 g/mol. The maximum absolute atomic E-state index is 9.25. The molecule has 1 saturated carbocycles. The fraction of sp³-hybridized carbons (Fsp3) is 1.00. The van der Waals surface area contributed by atoms with Gasteiger partial charge in [0.1, 0.15) is 0 Å². The van der Waals surface area contributed by atoms with Crippen LogP contribution in [0.15, 0.2) is 0 Å². The van der Waals surface area contributed by atoms with Crippen LogP contribution in [0.25, 0.3) is 0 Å². The lowest BCUT2D eigenvalue weighted by atomic mass is 9.60. The van der Waals surface area contributed by atoms with E-state index in [1.807, 2.05) is 0 Å². The van der Waals surface area contributed by atoms with E-state index in [1.54, 1.807) is 0 Å². The summed E-state index contributed by atoms with van der Waals surface area (Å²) in [6.45, 7) is 9.47. The summed E-state index contributed by atoms with van der Waals surface area (Å²) in [5, 5.41) is 9.25. The van der Waals surface area contributed by atoms with Gasteiger partial charge in [-0.25, -0.2) is 0 Å². The normalized spacial score (nSPS) is 32.5. The second-order valence-corrected chi connectivity index (χ2v) is 6.74. The van der Waals surface area contributed by atoms with Crippen LogP contribution in [0.5, 0.6) is 0 Å². The topological polar surface area (TPSA) is 46.2 Å². The second-order valence-electron chi connectivity index (χ2n) is 6.74. The number of hydrogen-bond donors (Lipinski definition) is 2. The van der Waals surface area contributed by atoms with E-state index >= 15 is 0 Å². The van der Waals surface area contributed by atoms with Crippen molar-refractivity contribution in [3.8, 4) is 0 Å². The van der Waals surface area contributed by atoms with Crippen molar-refractivity contribution in [2.75, 3.05) is 6.61 Å². The molecule has 1 aliphatic carbocycles. The average Bonchev–Trinajstić information content (AvgIpc) is 2.30. The van der Waals surface area contributed by atoms with E-state index in [0.717, 1.165) is 12.3 Å². The average molecular weight is 241 g/mol. The van der Waals surface area contributed by atoms with Crippen LogP contribution >= 0.6 is 0 Å². The predicted molar refractivity (Wildman–Crippen MR) is 73.8 cm³/mol. The zero-order valence-electron chi connectivity index (χ0n) is 12.1. The van der Waals surface area contributed by atoms with E-state index < -0.39 is 0 Å². The van der Waals surface area contributed by atoms with Crippen molar-refractivity contribution in [1.29, 1.82) is 0 Å². The molecular weight excluding hydrogens is 210 g/mol. The highest BCUT2D eigenvalue weighted by Gasteiger charge is 2.41. The molecular formula is C15H31NO. The Hall–Kier alpha value is -0.0800. The minimum absolute atomic E-state index is 0.203. The number of nitrogens with two attached hydrogens (primary N) is 1. The zero-order valence-corrected chi connectivity index (χ0v) is 12.1. The summed E-state index contributed by atoms with van der Waals surface area (Å²) >= 11 is 0. The molecule has 2 nitrogen and oxygen atoms in total. The number of aliphatic hydroxyl groups excluding tert-OH is 1. The van der Waals surface area contributed by atoms with Gasteiger partial charge in [-0.3, -0.25) is 0 Å². The van der Waals surface area contributed by atoms with Gasteiger partial charge < -0.3 is 10.8 Å². The Bertz CT molecular complexity index is 227. The first kappa shape index (κ1) is 15.0. The first-order chi connectivity index (χ1) is 7.88. The highest BCUT2D eigenvalue weighted by atomic mass is 16.3. The lowest BCUT2D eigenvalue weighted by molar-refractivity contribution is 0.0420. The van der Waals surface area contributed by atoms with Gasteiger partial charge >= 0.3 is 0 Å². The van der Waals surface area contributed by atoms with Crippen LogP contribution in [-0.2, 0) is 0 Å². The van der Waals surface area contributed by atoms with Crippen LogP contribution in [0.4, 0.5) is 0 Å². The molecule has 1 unspecified atom stereocenters. The Morgan fingerprint density at radius 2 is 1.88 bits per heavy atom. The molecule has 1 aliphatic rings. The maximum Gasteiger partial charge on any atom is 0.0436 e. The highest BCUT2D eigenvalue weighted by molar-refractivity contribution is 4.94. The van der Waals surface area contributed by atoms with Crippen molar-refractivity contribution in [3.05, 3.63) is 0 Å². The first-order valence-corrected chi connectivity index (χ1v) is 7.24. The maximum atomic E-state index is 9.25. The summed E-state index contributed by atoms with van der Waals surface area (Å²) in [5.41, 5.74) is 6.83. The van der Waals surface area contributed by atoms with Gasteiger partial charge in [-0.05, 0) is 55.8 Å². The SMILES string of the molecule is CCC(C)(C)C1CCC(CCO)(C(C)N)CC1. The molecule has 0 aliphatic heterocycles. The van der Waals surface area contributed by atoms with Gasteiger partial charge in [0.25, 0.3) is 0 Å². The van der Waals surface area contributed by atoms with E-state index in [0.29, 0.717) is 5.41 Å². The largest absolute Gasteiger partial charge is 0.396 e. The number of hydrogen-bond acceptors (Lipinski definition) is 2. The Morgan fingerprint density at radius 3 is 2.24 bits per heavy atom. The van der Waals surface area contributed by atoms with Gasteiger partial charge in [0, 0.05) is 12.6 Å². The molecule has 0 radical (unpaired) electrons. The third-order valence-electron chi connectivity index (χ3n) is 5.57. The summed E-state index contributed by atoms with van der Waals surface area (Å²) in [4.78, 5) is 0. The molecule has 0 spiro atoms. The summed E-state index contributed by atoms with van der Waals surface area (Å²) in [7, 11) is 0. The molecule has 102 valence electrons. The molecule has 0 aromatic carbocycles. The minimum Gasteiger partial charge on any atom is -0.396 e. The molecule has 3 N–H and O–H groups in total. The molecule has 0 amide bonds. The van der Waals surface area contributed by atoms with E-state index in [1.165, 1.54) is 32.1 Å². The zero-order chi connectivity index (χ0) is 13.1. The van der Waals surface area contributed by atoms with Crippen LogP contribution in [0.2, 0.25) is 0 Å². The second kappa shape index (κ2) is 5.71. The lowest BCUT2D eigenvalue weighted by Gasteiger charge is -2.47. The third kappa shape index (κ3) is 3.23.